The van der Waals surface area contributed by atoms with E-state index in [1.165, 1.54) is 0 Å². The van der Waals surface area contributed by atoms with Crippen LogP contribution in [0.15, 0.2) is 60.9 Å². The second-order valence-corrected chi connectivity index (χ2v) is 7.00. The molecule has 9 nitrogen and oxygen atoms in total. The monoisotopic (exact) mass is 442 g/mol. The highest BCUT2D eigenvalue weighted by atomic mass is 19.3. The summed E-state index contributed by atoms with van der Waals surface area (Å²) in [5, 5.41) is 11.6. The van der Waals surface area contributed by atoms with Crippen molar-refractivity contribution in [2.45, 2.75) is 19.2 Å². The number of carbonyl (C=O) groups excluding carboxylic acids is 1. The Morgan fingerprint density at radius 2 is 1.97 bits per heavy atom. The number of aryl methyl sites for hydroxylation is 1. The lowest BCUT2D eigenvalue weighted by Gasteiger charge is -2.17. The molecule has 3 N–H and O–H groups in total. The topological polar surface area (TPSA) is 109 Å². The van der Waals surface area contributed by atoms with Gasteiger partial charge in [0.25, 0.3) is 5.91 Å². The molecule has 2 heterocycles. The zero-order valence-corrected chi connectivity index (χ0v) is 17.0. The fourth-order valence-corrected chi connectivity index (χ4v) is 3.51. The number of para-hydroxylation sites is 1. The minimum absolute atomic E-state index is 0.0577. The number of halogens is 2. The number of benzene rings is 2. The predicted molar refractivity (Wildman–Crippen MR) is 111 cm³/mol. The number of carbonyl (C=O) groups is 1. The van der Waals surface area contributed by atoms with Crippen LogP contribution in [0.2, 0.25) is 0 Å². The Labute approximate surface area is 181 Å². The summed E-state index contributed by atoms with van der Waals surface area (Å²) in [6.07, 6.45) is 1.91. The van der Waals surface area contributed by atoms with Crippen LogP contribution in [0.4, 0.5) is 8.78 Å². The van der Waals surface area contributed by atoms with E-state index in [4.69, 9.17) is 10.8 Å². The molecule has 1 atom stereocenters. The summed E-state index contributed by atoms with van der Waals surface area (Å²) in [6, 6.07) is 14.4. The maximum atomic E-state index is 13.4. The zero-order chi connectivity index (χ0) is 22.7. The van der Waals surface area contributed by atoms with E-state index in [2.05, 4.69) is 20.5 Å². The summed E-state index contributed by atoms with van der Waals surface area (Å²) >= 11 is 0. The average molecular weight is 442 g/mol. The van der Waals surface area contributed by atoms with Crippen LogP contribution in [0.1, 0.15) is 22.5 Å². The molecule has 2 aromatic carbocycles. The number of rotatable bonds is 8. The Morgan fingerprint density at radius 3 is 2.69 bits per heavy atom. The van der Waals surface area contributed by atoms with E-state index in [0.717, 1.165) is 17.1 Å². The molecule has 2 aromatic heterocycles. The van der Waals surface area contributed by atoms with E-state index in [0.29, 0.717) is 15.8 Å². The first-order valence-corrected chi connectivity index (χ1v) is 9.63. The summed E-state index contributed by atoms with van der Waals surface area (Å²) in [6.45, 7) is -2.93. The van der Waals surface area contributed by atoms with Gasteiger partial charge in [-0.15, -0.1) is 4.99 Å². The Balaban J connectivity index is 1.70. The maximum absolute atomic E-state index is 13.4. The standard InChI is InChI=1S/C21H20F2N6O3/c1-28-19-14(11-25-28)8-5-9-15(19)18-16(12-29(27-18)21(22)23)20(30)26-17(31-32-24)10-13-6-3-2-4-7-13/h2-9,11-12,17,21H,10,24H2,1H3,(H,26,30). The molecule has 0 fully saturated rings. The van der Waals surface area contributed by atoms with Gasteiger partial charge < -0.3 is 5.32 Å². The second-order valence-electron chi connectivity index (χ2n) is 7.00. The van der Waals surface area contributed by atoms with E-state index in [-0.39, 0.29) is 17.7 Å². The molecule has 4 rings (SSSR count). The lowest BCUT2D eigenvalue weighted by Crippen LogP contribution is -2.39. The average Bonchev–Trinajstić information content (AvgIpc) is 3.39. The van der Waals surface area contributed by atoms with Crippen molar-refractivity contribution in [2.24, 2.45) is 12.9 Å². The normalized spacial score (nSPS) is 12.4. The van der Waals surface area contributed by atoms with Crippen molar-refractivity contribution in [3.05, 3.63) is 72.1 Å². The number of fused-ring (bicyclic) bond motifs is 1. The smallest absolute Gasteiger partial charge is 0.324 e. The van der Waals surface area contributed by atoms with Crippen LogP contribution >= 0.6 is 0 Å². The van der Waals surface area contributed by atoms with Crippen molar-refractivity contribution in [2.75, 3.05) is 0 Å². The first-order valence-electron chi connectivity index (χ1n) is 9.63. The number of hydrogen-bond acceptors (Lipinski definition) is 6. The summed E-state index contributed by atoms with van der Waals surface area (Å²) in [4.78, 5) is 22.3. The third-order valence-corrected chi connectivity index (χ3v) is 4.92. The van der Waals surface area contributed by atoms with E-state index < -0.39 is 18.7 Å². The first kappa shape index (κ1) is 21.6. The third-order valence-electron chi connectivity index (χ3n) is 4.92. The van der Waals surface area contributed by atoms with E-state index in [9.17, 15) is 13.6 Å². The van der Waals surface area contributed by atoms with Gasteiger partial charge in [0.1, 0.15) is 5.69 Å². The molecule has 0 radical (unpaired) electrons. The summed E-state index contributed by atoms with van der Waals surface area (Å²) < 4.78 is 28.9. The van der Waals surface area contributed by atoms with Gasteiger partial charge in [0.05, 0.1) is 17.3 Å². The Morgan fingerprint density at radius 1 is 1.19 bits per heavy atom. The first-order chi connectivity index (χ1) is 15.5. The fourth-order valence-electron chi connectivity index (χ4n) is 3.51. The second kappa shape index (κ2) is 9.22. The van der Waals surface area contributed by atoms with Crippen LogP contribution in [0.25, 0.3) is 22.2 Å². The largest absolute Gasteiger partial charge is 0.333 e. The highest BCUT2D eigenvalue weighted by Crippen LogP contribution is 2.31. The van der Waals surface area contributed by atoms with Gasteiger partial charge in [-0.1, -0.05) is 48.5 Å². The molecule has 0 saturated carbocycles. The Bertz CT molecular complexity index is 1220. The van der Waals surface area contributed by atoms with Gasteiger partial charge in [0.2, 0.25) is 0 Å². The van der Waals surface area contributed by atoms with Crippen molar-refractivity contribution in [1.29, 1.82) is 0 Å². The van der Waals surface area contributed by atoms with Crippen molar-refractivity contribution in [3.63, 3.8) is 0 Å². The van der Waals surface area contributed by atoms with Crippen LogP contribution in [0.5, 0.6) is 0 Å². The molecule has 166 valence electrons. The molecule has 0 saturated heterocycles. The molecule has 1 amide bonds. The Kier molecular flexibility index (Phi) is 6.21. The molecule has 0 aliphatic carbocycles. The van der Waals surface area contributed by atoms with Crippen LogP contribution in [0, 0.1) is 0 Å². The highest BCUT2D eigenvalue weighted by Gasteiger charge is 2.25. The molecule has 0 aliphatic heterocycles. The van der Waals surface area contributed by atoms with Crippen LogP contribution in [0.3, 0.4) is 0 Å². The zero-order valence-electron chi connectivity index (χ0n) is 17.0. The van der Waals surface area contributed by atoms with Crippen LogP contribution in [-0.4, -0.2) is 31.7 Å². The number of hydrogen-bond donors (Lipinski definition) is 2. The van der Waals surface area contributed by atoms with E-state index in [1.54, 1.807) is 30.1 Å². The minimum atomic E-state index is -2.93. The number of alkyl halides is 2. The van der Waals surface area contributed by atoms with E-state index in [1.807, 2.05) is 36.4 Å². The molecule has 0 bridgehead atoms. The van der Waals surface area contributed by atoms with Crippen molar-refractivity contribution < 1.29 is 23.5 Å². The van der Waals surface area contributed by atoms with Gasteiger partial charge in [-0.2, -0.15) is 29.8 Å². The number of aromatic nitrogens is 4. The van der Waals surface area contributed by atoms with Gasteiger partial charge in [-0.3, -0.25) is 9.48 Å². The summed E-state index contributed by atoms with van der Waals surface area (Å²) in [7, 11) is 1.72. The van der Waals surface area contributed by atoms with Gasteiger partial charge in [0.15, 0.2) is 6.23 Å². The summed E-state index contributed by atoms with van der Waals surface area (Å²) in [5.41, 5.74) is 2.02. The lowest BCUT2D eigenvalue weighted by molar-refractivity contribution is -0.332. The fraction of sp³-hybridized carbons (Fsp3) is 0.190. The van der Waals surface area contributed by atoms with E-state index >= 15 is 0 Å². The number of nitrogens with two attached hydrogens (primary N) is 1. The van der Waals surface area contributed by atoms with Crippen molar-refractivity contribution in [3.8, 4) is 11.3 Å². The molecule has 11 heteroatoms. The minimum Gasteiger partial charge on any atom is -0.324 e. The SMILES string of the molecule is Cn1ncc2cccc(-c3nn(C(F)F)cc3C(=O)NC(Cc3ccccc3)OON)c21. The maximum Gasteiger partial charge on any atom is 0.333 e. The van der Waals surface area contributed by atoms with Gasteiger partial charge in [-0.25, -0.2) is 4.68 Å². The lowest BCUT2D eigenvalue weighted by atomic mass is 10.0. The van der Waals surface area contributed by atoms with Gasteiger partial charge in [-0.05, 0) is 5.56 Å². The van der Waals surface area contributed by atoms with Crippen LogP contribution < -0.4 is 11.2 Å². The molecule has 1 unspecified atom stereocenters. The summed E-state index contributed by atoms with van der Waals surface area (Å²) in [5.74, 6) is 4.35. The number of amides is 1. The quantitative estimate of drug-likeness (QED) is 0.247. The molecular weight excluding hydrogens is 422 g/mol. The van der Waals surface area contributed by atoms with Crippen molar-refractivity contribution in [1.82, 2.24) is 24.9 Å². The molecule has 32 heavy (non-hydrogen) atoms. The molecule has 0 aliphatic rings. The molecule has 4 aromatic rings. The molecule has 0 spiro atoms. The van der Waals surface area contributed by atoms with Gasteiger partial charge in [0, 0.05) is 30.6 Å². The number of nitrogens with zero attached hydrogens (tertiary/aromatic N) is 4. The van der Waals surface area contributed by atoms with Gasteiger partial charge >= 0.3 is 6.55 Å². The predicted octanol–water partition coefficient (Wildman–Crippen LogP) is 2.95. The highest BCUT2D eigenvalue weighted by molar-refractivity contribution is 6.04. The van der Waals surface area contributed by atoms with Crippen LogP contribution in [-0.2, 0) is 23.3 Å². The third kappa shape index (κ3) is 4.35. The Hall–Kier alpha value is -3.67. The molecular formula is C21H20F2N6O3. The van der Waals surface area contributed by atoms with Crippen molar-refractivity contribution >= 4 is 16.8 Å². The number of nitrogens with one attached hydrogen (secondary N) is 1.